The van der Waals surface area contributed by atoms with E-state index in [0.717, 1.165) is 16.3 Å². The normalized spacial score (nSPS) is 19.0. The lowest BCUT2D eigenvalue weighted by Crippen LogP contribution is -2.55. The molecule has 254 valence electrons. The number of nitrogens with zero attached hydrogens (tertiary/aromatic N) is 7. The maximum atomic E-state index is 16.6. The second-order valence-electron chi connectivity index (χ2n) is 11.8. The van der Waals surface area contributed by atoms with Gasteiger partial charge in [0.05, 0.1) is 30.5 Å². The lowest BCUT2D eigenvalue weighted by molar-refractivity contribution is -0.131. The molecule has 0 aliphatic carbocycles. The SMILES string of the molecule is C=C(F)C(=O)N1CCN(c2nc(OC[C@@H]3CC(F)(F)CN3C)nc3c(F)c(-c4cccc5cccc(C)c45)ncc23)C[C@@H]1CC#N.S.S. The van der Waals surface area contributed by atoms with Crippen molar-refractivity contribution in [3.8, 4) is 23.3 Å². The number of aromatic nitrogens is 3. The highest BCUT2D eigenvalue weighted by Crippen LogP contribution is 2.37. The number of fused-ring (bicyclic) bond motifs is 2. The van der Waals surface area contributed by atoms with Gasteiger partial charge in [-0.25, -0.2) is 17.6 Å². The summed E-state index contributed by atoms with van der Waals surface area (Å²) >= 11 is 0. The van der Waals surface area contributed by atoms with Gasteiger partial charge < -0.3 is 14.5 Å². The molecule has 0 bridgehead atoms. The second kappa shape index (κ2) is 14.6. The molecule has 15 heteroatoms. The average Bonchev–Trinajstić information content (AvgIpc) is 3.30. The summed E-state index contributed by atoms with van der Waals surface area (Å²) < 4.78 is 64.4. The number of anilines is 1. The topological polar surface area (TPSA) is 98.5 Å². The van der Waals surface area contributed by atoms with Gasteiger partial charge in [0.1, 0.15) is 23.6 Å². The van der Waals surface area contributed by atoms with Crippen LogP contribution in [0.4, 0.5) is 23.4 Å². The molecule has 2 atom stereocenters. The summed E-state index contributed by atoms with van der Waals surface area (Å²) in [7, 11) is 1.58. The zero-order chi connectivity index (χ0) is 32.7. The lowest BCUT2D eigenvalue weighted by atomic mass is 9.97. The zero-order valence-corrected chi connectivity index (χ0v) is 28.3. The maximum Gasteiger partial charge on any atom is 0.319 e. The Labute approximate surface area is 289 Å². The molecule has 2 aromatic heterocycles. The molecule has 2 saturated heterocycles. The summed E-state index contributed by atoms with van der Waals surface area (Å²) in [6.45, 7) is 4.74. The van der Waals surface area contributed by atoms with E-state index in [-0.39, 0.29) is 88.1 Å². The summed E-state index contributed by atoms with van der Waals surface area (Å²) in [5.41, 5.74) is 1.48. The number of ether oxygens (including phenoxy) is 1. The number of hydrogen-bond acceptors (Lipinski definition) is 8. The Kier molecular flexibility index (Phi) is 11.1. The van der Waals surface area contributed by atoms with Gasteiger partial charge >= 0.3 is 6.01 Å². The van der Waals surface area contributed by atoms with Crippen LogP contribution < -0.4 is 9.64 Å². The number of nitriles is 1. The van der Waals surface area contributed by atoms with E-state index in [0.29, 0.717) is 5.56 Å². The number of piperazine rings is 1. The Morgan fingerprint density at radius 1 is 1.15 bits per heavy atom. The standard InChI is InChI=1S/C33H31F4N7O2.2H2S/c1-19-6-4-7-21-8-5-9-24(26(19)21)28-27(35)29-25(15-39-28)30(41-32(40-29)46-17-23-14-33(36,37)18-42(23)3)43-12-13-44(31(45)20(2)34)22(16-43)10-11-38;;/h4-9,15,22-23H,2,10,12-14,16-18H2,1,3H3;2*1H2/t22-,23-;;/m0../s1. The summed E-state index contributed by atoms with van der Waals surface area (Å²) in [5, 5.41) is 11.4. The summed E-state index contributed by atoms with van der Waals surface area (Å²) in [5.74, 6) is -5.39. The van der Waals surface area contributed by atoms with Crippen molar-refractivity contribution in [3.05, 3.63) is 66.4 Å². The van der Waals surface area contributed by atoms with E-state index in [1.807, 2.05) is 43.3 Å². The predicted molar refractivity (Wildman–Crippen MR) is 185 cm³/mol. The quantitative estimate of drug-likeness (QED) is 0.180. The smallest absolute Gasteiger partial charge is 0.319 e. The van der Waals surface area contributed by atoms with E-state index < -0.39 is 48.5 Å². The third-order valence-electron chi connectivity index (χ3n) is 8.66. The Balaban J connectivity index is 0.00000260. The van der Waals surface area contributed by atoms with Gasteiger partial charge in [-0.3, -0.25) is 14.7 Å². The fraction of sp³-hybridized carbons (Fsp3) is 0.364. The summed E-state index contributed by atoms with van der Waals surface area (Å²) in [6, 6.07) is 11.8. The molecule has 4 heterocycles. The number of aryl methyl sites for hydroxylation is 1. The first kappa shape index (κ1) is 36.7. The van der Waals surface area contributed by atoms with Crippen LogP contribution in [0.5, 0.6) is 6.01 Å². The number of pyridine rings is 1. The number of likely N-dealkylation sites (tertiary alicyclic amines) is 1. The van der Waals surface area contributed by atoms with Crippen LogP contribution in [0.2, 0.25) is 0 Å². The molecular formula is C33H35F4N7O2S2. The van der Waals surface area contributed by atoms with Crippen molar-refractivity contribution in [2.75, 3.05) is 44.7 Å². The molecule has 0 N–H and O–H groups in total. The Bertz CT molecular complexity index is 1900. The molecule has 2 aromatic carbocycles. The maximum absolute atomic E-state index is 16.6. The van der Waals surface area contributed by atoms with E-state index in [1.165, 1.54) is 16.0 Å². The molecule has 1 amide bonds. The first-order chi connectivity index (χ1) is 22.0. The second-order valence-corrected chi connectivity index (χ2v) is 11.8. The van der Waals surface area contributed by atoms with Crippen LogP contribution >= 0.6 is 27.0 Å². The number of likely N-dealkylation sites (N-methyl/N-ethyl adjacent to an activating group) is 1. The molecule has 0 spiro atoms. The number of alkyl halides is 2. The van der Waals surface area contributed by atoms with Crippen molar-refractivity contribution in [2.45, 2.75) is 37.8 Å². The van der Waals surface area contributed by atoms with Crippen LogP contribution in [-0.4, -0.2) is 88.5 Å². The van der Waals surface area contributed by atoms with Crippen molar-refractivity contribution in [3.63, 3.8) is 0 Å². The minimum atomic E-state index is -2.86. The van der Waals surface area contributed by atoms with Gasteiger partial charge in [-0.05, 0) is 30.3 Å². The minimum Gasteiger partial charge on any atom is -0.462 e. The highest BCUT2D eigenvalue weighted by molar-refractivity contribution is 7.59. The van der Waals surface area contributed by atoms with E-state index in [1.54, 1.807) is 18.0 Å². The van der Waals surface area contributed by atoms with Crippen LogP contribution in [0.25, 0.3) is 32.9 Å². The Morgan fingerprint density at radius 3 is 2.54 bits per heavy atom. The largest absolute Gasteiger partial charge is 0.462 e. The third kappa shape index (κ3) is 7.01. The van der Waals surface area contributed by atoms with E-state index in [4.69, 9.17) is 4.74 Å². The number of rotatable bonds is 7. The lowest BCUT2D eigenvalue weighted by Gasteiger charge is -2.41. The number of carbonyl (C=O) groups excluding carboxylic acids is 1. The van der Waals surface area contributed by atoms with Crippen molar-refractivity contribution < 1.29 is 27.1 Å². The van der Waals surface area contributed by atoms with Gasteiger partial charge in [-0.1, -0.05) is 43.0 Å². The van der Waals surface area contributed by atoms with Gasteiger partial charge in [0.2, 0.25) is 0 Å². The van der Waals surface area contributed by atoms with Gasteiger partial charge in [0, 0.05) is 43.9 Å². The van der Waals surface area contributed by atoms with Gasteiger partial charge in [-0.2, -0.15) is 42.2 Å². The number of benzene rings is 2. The van der Waals surface area contributed by atoms with Gasteiger partial charge in [0.15, 0.2) is 11.6 Å². The number of amides is 1. The zero-order valence-electron chi connectivity index (χ0n) is 26.3. The molecule has 2 aliphatic heterocycles. The van der Waals surface area contributed by atoms with Crippen LogP contribution in [-0.2, 0) is 4.79 Å². The molecule has 48 heavy (non-hydrogen) atoms. The highest BCUT2D eigenvalue weighted by Gasteiger charge is 2.43. The van der Waals surface area contributed by atoms with Crippen LogP contribution in [0.3, 0.4) is 0 Å². The van der Waals surface area contributed by atoms with Crippen LogP contribution in [0, 0.1) is 24.1 Å². The fourth-order valence-corrected chi connectivity index (χ4v) is 6.41. The molecule has 2 fully saturated rings. The van der Waals surface area contributed by atoms with E-state index in [2.05, 4.69) is 21.5 Å². The van der Waals surface area contributed by atoms with Crippen LogP contribution in [0.15, 0.2) is 55.0 Å². The fourth-order valence-electron chi connectivity index (χ4n) is 6.41. The summed E-state index contributed by atoms with van der Waals surface area (Å²) in [6.07, 6.45) is 0.968. The first-order valence-corrected chi connectivity index (χ1v) is 14.8. The van der Waals surface area contributed by atoms with Gasteiger partial charge in [0.25, 0.3) is 11.8 Å². The predicted octanol–water partition coefficient (Wildman–Crippen LogP) is 5.65. The van der Waals surface area contributed by atoms with Crippen molar-refractivity contribution in [1.82, 2.24) is 24.8 Å². The molecule has 0 unspecified atom stereocenters. The average molecular weight is 702 g/mol. The van der Waals surface area contributed by atoms with E-state index >= 15 is 4.39 Å². The van der Waals surface area contributed by atoms with Gasteiger partial charge in [-0.15, -0.1) is 0 Å². The molecule has 0 saturated carbocycles. The van der Waals surface area contributed by atoms with Crippen LogP contribution in [0.1, 0.15) is 18.4 Å². The molecule has 6 rings (SSSR count). The molecule has 4 aromatic rings. The first-order valence-electron chi connectivity index (χ1n) is 14.8. The number of carbonyl (C=O) groups is 1. The summed E-state index contributed by atoms with van der Waals surface area (Å²) in [4.78, 5) is 30.4. The van der Waals surface area contributed by atoms with Crippen molar-refractivity contribution >= 4 is 60.4 Å². The molecule has 2 aliphatic rings. The monoisotopic (exact) mass is 701 g/mol. The number of hydrogen-bond donors (Lipinski definition) is 0. The number of halogens is 4. The van der Waals surface area contributed by atoms with E-state index in [9.17, 15) is 23.2 Å². The Hall–Kier alpha value is -4.13. The van der Waals surface area contributed by atoms with Crippen molar-refractivity contribution in [2.24, 2.45) is 0 Å². The Morgan fingerprint density at radius 2 is 1.88 bits per heavy atom. The molecular weight excluding hydrogens is 667 g/mol. The minimum absolute atomic E-state index is 0. The highest BCUT2D eigenvalue weighted by atomic mass is 32.1. The molecule has 9 nitrogen and oxygen atoms in total. The third-order valence-corrected chi connectivity index (χ3v) is 8.66. The molecule has 0 radical (unpaired) electrons. The van der Waals surface area contributed by atoms with Crippen molar-refractivity contribution in [1.29, 1.82) is 5.26 Å².